The van der Waals surface area contributed by atoms with E-state index in [1.807, 2.05) is 0 Å². The van der Waals surface area contributed by atoms with Gasteiger partial charge < -0.3 is 9.47 Å². The molecular weight excluding hydrogens is 379 g/mol. The molecule has 1 aromatic heterocycles. The molecule has 8 heteroatoms. The van der Waals surface area contributed by atoms with Crippen molar-refractivity contribution in [2.75, 3.05) is 13.2 Å². The zero-order valence-corrected chi connectivity index (χ0v) is 15.8. The Labute approximate surface area is 161 Å². The number of ether oxygens (including phenoxy) is 2. The standard InChI is InChI=1S/C18H20Cl2N2O4/c19-12-10-13(20)22-16(21-12)14(23)11-4-3-6-17(15(11)24)5-1-2-7-18(17)25-8-9-26-18/h10-11H,1-9H2/t11?,17-/m0/s1. The number of rotatable bonds is 2. The first-order valence-electron chi connectivity index (χ1n) is 9.04. The number of Topliss-reactive ketones (excluding diaryl/α,β-unsaturated/α-hetero) is 2. The Bertz CT molecular complexity index is 726. The summed E-state index contributed by atoms with van der Waals surface area (Å²) in [5.41, 5.74) is -0.761. The van der Waals surface area contributed by atoms with E-state index in [1.54, 1.807) is 0 Å². The second-order valence-corrected chi connectivity index (χ2v) is 8.02. The minimum absolute atomic E-state index is 0.0860. The number of hydrogen-bond donors (Lipinski definition) is 0. The number of hydrogen-bond acceptors (Lipinski definition) is 6. The predicted molar refractivity (Wildman–Crippen MR) is 94.3 cm³/mol. The van der Waals surface area contributed by atoms with Crippen molar-refractivity contribution in [3.8, 4) is 0 Å². The van der Waals surface area contributed by atoms with Crippen LogP contribution in [0.5, 0.6) is 0 Å². The van der Waals surface area contributed by atoms with Gasteiger partial charge in [-0.15, -0.1) is 0 Å². The fourth-order valence-electron chi connectivity index (χ4n) is 4.82. The molecule has 0 N–H and O–H groups in total. The molecule has 26 heavy (non-hydrogen) atoms. The summed E-state index contributed by atoms with van der Waals surface area (Å²) in [5.74, 6) is -2.31. The first kappa shape index (κ1) is 18.3. The highest BCUT2D eigenvalue weighted by Crippen LogP contribution is 2.56. The summed E-state index contributed by atoms with van der Waals surface area (Å²) in [6.45, 7) is 0.974. The average molecular weight is 399 g/mol. The second kappa shape index (κ2) is 6.82. The quantitative estimate of drug-likeness (QED) is 0.429. The zero-order valence-electron chi connectivity index (χ0n) is 14.3. The van der Waals surface area contributed by atoms with Gasteiger partial charge in [0.2, 0.25) is 5.78 Å². The molecule has 1 saturated heterocycles. The Kier molecular flexibility index (Phi) is 4.80. The summed E-state index contributed by atoms with van der Waals surface area (Å²) in [6, 6.07) is 1.36. The first-order valence-corrected chi connectivity index (χ1v) is 9.80. The van der Waals surface area contributed by atoms with E-state index in [0.29, 0.717) is 38.9 Å². The largest absolute Gasteiger partial charge is 0.346 e. The maximum absolute atomic E-state index is 13.5. The van der Waals surface area contributed by atoms with Crippen molar-refractivity contribution in [3.63, 3.8) is 0 Å². The third-order valence-corrected chi connectivity index (χ3v) is 6.31. The number of aromatic nitrogens is 2. The van der Waals surface area contributed by atoms with Gasteiger partial charge in [0.15, 0.2) is 17.4 Å². The molecule has 2 heterocycles. The lowest BCUT2D eigenvalue weighted by Gasteiger charge is -2.51. The van der Waals surface area contributed by atoms with Crippen LogP contribution >= 0.6 is 23.2 Å². The van der Waals surface area contributed by atoms with Crippen molar-refractivity contribution >= 4 is 34.8 Å². The lowest BCUT2D eigenvalue weighted by Crippen LogP contribution is -2.60. The molecule has 2 saturated carbocycles. The first-order chi connectivity index (χ1) is 12.5. The Morgan fingerprint density at radius 3 is 2.35 bits per heavy atom. The average Bonchev–Trinajstić information content (AvgIpc) is 3.08. The van der Waals surface area contributed by atoms with Crippen LogP contribution in [0.2, 0.25) is 10.3 Å². The number of nitrogens with zero attached hydrogens (tertiary/aromatic N) is 2. The molecule has 1 aromatic rings. The van der Waals surface area contributed by atoms with Gasteiger partial charge in [0.05, 0.1) is 24.5 Å². The van der Waals surface area contributed by atoms with E-state index in [-0.39, 0.29) is 21.9 Å². The third-order valence-electron chi connectivity index (χ3n) is 5.93. The fraction of sp³-hybridized carbons (Fsp3) is 0.667. The minimum Gasteiger partial charge on any atom is -0.346 e. The molecule has 6 nitrogen and oxygen atoms in total. The van der Waals surface area contributed by atoms with Gasteiger partial charge in [0.25, 0.3) is 0 Å². The topological polar surface area (TPSA) is 78.4 Å². The van der Waals surface area contributed by atoms with Gasteiger partial charge in [-0.2, -0.15) is 0 Å². The summed E-state index contributed by atoms with van der Waals surface area (Å²) < 4.78 is 12.0. The zero-order chi connectivity index (χ0) is 18.4. The fourth-order valence-corrected chi connectivity index (χ4v) is 5.24. The van der Waals surface area contributed by atoms with E-state index < -0.39 is 22.9 Å². The van der Waals surface area contributed by atoms with Crippen LogP contribution in [0, 0.1) is 11.3 Å². The molecule has 2 atom stereocenters. The summed E-state index contributed by atoms with van der Waals surface area (Å²) >= 11 is 11.8. The van der Waals surface area contributed by atoms with Crippen molar-refractivity contribution < 1.29 is 19.1 Å². The molecule has 0 bridgehead atoms. The summed E-state index contributed by atoms with van der Waals surface area (Å²) in [5, 5.41) is 0.172. The Hall–Kier alpha value is -1.08. The molecule has 3 fully saturated rings. The molecule has 0 radical (unpaired) electrons. The van der Waals surface area contributed by atoms with Crippen molar-refractivity contribution in [1.29, 1.82) is 0 Å². The summed E-state index contributed by atoms with van der Waals surface area (Å²) in [7, 11) is 0. The molecule has 2 spiro atoms. The van der Waals surface area contributed by atoms with Crippen molar-refractivity contribution in [2.45, 2.75) is 50.7 Å². The molecule has 140 valence electrons. The number of halogens is 2. The smallest absolute Gasteiger partial charge is 0.210 e. The van der Waals surface area contributed by atoms with E-state index in [1.165, 1.54) is 6.07 Å². The van der Waals surface area contributed by atoms with Gasteiger partial charge in [-0.3, -0.25) is 9.59 Å². The molecule has 0 amide bonds. The van der Waals surface area contributed by atoms with Gasteiger partial charge in [-0.05, 0) is 25.7 Å². The highest BCUT2D eigenvalue weighted by Gasteiger charge is 2.63. The predicted octanol–water partition coefficient (Wildman–Crippen LogP) is 3.64. The SMILES string of the molecule is O=C(c1nc(Cl)cc(Cl)n1)C1CCC[C@@]2(CCCCC23OCCO3)C1=O. The van der Waals surface area contributed by atoms with E-state index >= 15 is 0 Å². The second-order valence-electron chi connectivity index (χ2n) is 7.25. The molecule has 1 aliphatic heterocycles. The van der Waals surface area contributed by atoms with E-state index in [2.05, 4.69) is 9.97 Å². The number of ketones is 2. The van der Waals surface area contributed by atoms with Crippen LogP contribution < -0.4 is 0 Å². The highest BCUT2D eigenvalue weighted by atomic mass is 35.5. The Morgan fingerprint density at radius 2 is 1.65 bits per heavy atom. The lowest BCUT2D eigenvalue weighted by molar-refractivity contribution is -0.255. The van der Waals surface area contributed by atoms with E-state index in [0.717, 1.165) is 19.3 Å². The van der Waals surface area contributed by atoms with Crippen molar-refractivity contribution in [3.05, 3.63) is 22.2 Å². The van der Waals surface area contributed by atoms with E-state index in [4.69, 9.17) is 32.7 Å². The lowest BCUT2D eigenvalue weighted by atomic mass is 9.57. The van der Waals surface area contributed by atoms with Gasteiger partial charge >= 0.3 is 0 Å². The van der Waals surface area contributed by atoms with Crippen LogP contribution in [-0.4, -0.2) is 40.5 Å². The van der Waals surface area contributed by atoms with Gasteiger partial charge in [0, 0.05) is 12.5 Å². The minimum atomic E-state index is -0.881. The van der Waals surface area contributed by atoms with Crippen LogP contribution in [0.3, 0.4) is 0 Å². The molecule has 1 unspecified atom stereocenters. The molecular formula is C18H20Cl2N2O4. The molecule has 2 aliphatic carbocycles. The van der Waals surface area contributed by atoms with Gasteiger partial charge in [-0.25, -0.2) is 9.97 Å². The van der Waals surface area contributed by atoms with Crippen LogP contribution in [0.15, 0.2) is 6.07 Å². The summed E-state index contributed by atoms with van der Waals surface area (Å²) in [6.07, 6.45) is 5.19. The monoisotopic (exact) mass is 398 g/mol. The molecule has 0 aromatic carbocycles. The maximum Gasteiger partial charge on any atom is 0.210 e. The Morgan fingerprint density at radius 1 is 1.04 bits per heavy atom. The highest BCUT2D eigenvalue weighted by molar-refractivity contribution is 6.33. The number of carbonyl (C=O) groups is 2. The van der Waals surface area contributed by atoms with E-state index in [9.17, 15) is 9.59 Å². The van der Waals surface area contributed by atoms with Gasteiger partial charge in [-0.1, -0.05) is 36.0 Å². The third kappa shape index (κ3) is 2.78. The Balaban J connectivity index is 1.68. The number of fused-ring (bicyclic) bond motifs is 1. The molecule has 4 rings (SSSR count). The van der Waals surface area contributed by atoms with Crippen LogP contribution in [-0.2, 0) is 14.3 Å². The van der Waals surface area contributed by atoms with Crippen molar-refractivity contribution in [2.24, 2.45) is 11.3 Å². The van der Waals surface area contributed by atoms with Crippen molar-refractivity contribution in [1.82, 2.24) is 9.97 Å². The van der Waals surface area contributed by atoms with Crippen LogP contribution in [0.25, 0.3) is 0 Å². The summed E-state index contributed by atoms with van der Waals surface area (Å²) in [4.78, 5) is 34.5. The maximum atomic E-state index is 13.5. The van der Waals surface area contributed by atoms with Crippen LogP contribution in [0.1, 0.15) is 55.6 Å². The molecule has 3 aliphatic rings. The number of carbonyl (C=O) groups excluding carboxylic acids is 2. The normalized spacial score (nSPS) is 30.8. The van der Waals surface area contributed by atoms with Gasteiger partial charge in [0.1, 0.15) is 10.3 Å². The van der Waals surface area contributed by atoms with Crippen LogP contribution in [0.4, 0.5) is 0 Å².